The van der Waals surface area contributed by atoms with Gasteiger partial charge >= 0.3 is 6.18 Å². The largest absolute Gasteiger partial charge is 0.416 e. The summed E-state index contributed by atoms with van der Waals surface area (Å²) in [7, 11) is 1.43. The Morgan fingerprint density at radius 2 is 1.89 bits per heavy atom. The second kappa shape index (κ2) is 6.77. The maximum atomic E-state index is 12.7. The van der Waals surface area contributed by atoms with Crippen LogP contribution in [0.2, 0.25) is 0 Å². The molecule has 2 N–H and O–H groups in total. The number of nitrogens with two attached hydrogens (primary N) is 1. The van der Waals surface area contributed by atoms with Gasteiger partial charge in [0.25, 0.3) is 0 Å². The summed E-state index contributed by atoms with van der Waals surface area (Å²) in [6.45, 7) is 1.38. The molecule has 1 amide bonds. The first-order valence-corrected chi connectivity index (χ1v) is 5.39. The van der Waals surface area contributed by atoms with Gasteiger partial charge in [-0.05, 0) is 18.6 Å². The molecular weight excluding hydrogens is 281 g/mol. The third-order valence-electron chi connectivity index (χ3n) is 2.50. The molecule has 0 saturated heterocycles. The lowest BCUT2D eigenvalue weighted by Crippen LogP contribution is -2.39. The van der Waals surface area contributed by atoms with E-state index in [2.05, 4.69) is 0 Å². The van der Waals surface area contributed by atoms with Gasteiger partial charge in [-0.25, -0.2) is 0 Å². The maximum absolute atomic E-state index is 12.7. The molecule has 1 aromatic carbocycles. The van der Waals surface area contributed by atoms with Gasteiger partial charge in [-0.3, -0.25) is 4.79 Å². The highest BCUT2D eigenvalue weighted by Crippen LogP contribution is 2.32. The highest BCUT2D eigenvalue weighted by atomic mass is 35.5. The van der Waals surface area contributed by atoms with Crippen LogP contribution < -0.4 is 5.73 Å². The van der Waals surface area contributed by atoms with Crippen LogP contribution in [0.3, 0.4) is 0 Å². The van der Waals surface area contributed by atoms with Gasteiger partial charge < -0.3 is 10.6 Å². The molecule has 0 unspecified atom stereocenters. The topological polar surface area (TPSA) is 46.3 Å². The van der Waals surface area contributed by atoms with Crippen molar-refractivity contribution in [3.05, 3.63) is 35.4 Å². The predicted octanol–water partition coefficient (Wildman–Crippen LogP) is 2.43. The monoisotopic (exact) mass is 296 g/mol. The van der Waals surface area contributed by atoms with E-state index in [4.69, 9.17) is 5.73 Å². The number of hydrogen-bond acceptors (Lipinski definition) is 2. The number of amides is 1. The number of rotatable bonds is 3. The minimum atomic E-state index is -4.42. The summed E-state index contributed by atoms with van der Waals surface area (Å²) in [4.78, 5) is 12.7. The van der Waals surface area contributed by atoms with Gasteiger partial charge in [-0.2, -0.15) is 13.2 Å². The van der Waals surface area contributed by atoms with E-state index in [-0.39, 0.29) is 24.5 Å². The van der Waals surface area contributed by atoms with Crippen molar-refractivity contribution in [1.82, 2.24) is 4.90 Å². The van der Waals surface area contributed by atoms with Crippen LogP contribution in [-0.4, -0.2) is 23.9 Å². The van der Waals surface area contributed by atoms with Crippen LogP contribution >= 0.6 is 12.4 Å². The van der Waals surface area contributed by atoms with Crippen molar-refractivity contribution < 1.29 is 18.0 Å². The second-order valence-electron chi connectivity index (χ2n) is 4.14. The average molecular weight is 297 g/mol. The average Bonchev–Trinajstić information content (AvgIpc) is 2.27. The molecule has 1 aromatic rings. The fourth-order valence-electron chi connectivity index (χ4n) is 1.62. The zero-order chi connectivity index (χ0) is 13.9. The Kier molecular flexibility index (Phi) is 6.32. The van der Waals surface area contributed by atoms with Gasteiger partial charge in [0.05, 0.1) is 11.6 Å². The van der Waals surface area contributed by atoms with Crippen LogP contribution in [0, 0.1) is 0 Å². The summed E-state index contributed by atoms with van der Waals surface area (Å²) >= 11 is 0. The van der Waals surface area contributed by atoms with E-state index in [1.165, 1.54) is 37.1 Å². The molecular formula is C12H16ClF3N2O. The number of hydrogen-bond donors (Lipinski definition) is 1. The fourth-order valence-corrected chi connectivity index (χ4v) is 1.62. The van der Waals surface area contributed by atoms with E-state index < -0.39 is 23.7 Å². The van der Waals surface area contributed by atoms with Gasteiger partial charge in [-0.15, -0.1) is 12.4 Å². The van der Waals surface area contributed by atoms with E-state index >= 15 is 0 Å². The molecule has 7 heteroatoms. The lowest BCUT2D eigenvalue weighted by molar-refractivity contribution is -0.139. The van der Waals surface area contributed by atoms with Crippen LogP contribution in [0.5, 0.6) is 0 Å². The van der Waals surface area contributed by atoms with Crippen LogP contribution in [-0.2, 0) is 17.5 Å². The highest BCUT2D eigenvalue weighted by Gasteiger charge is 2.33. The summed E-state index contributed by atoms with van der Waals surface area (Å²) in [5.74, 6) is -0.396. The molecule has 0 aromatic heterocycles. The molecule has 0 bridgehead atoms. The molecule has 0 radical (unpaired) electrons. The zero-order valence-corrected chi connectivity index (χ0v) is 11.4. The number of benzene rings is 1. The van der Waals surface area contributed by atoms with Crippen LogP contribution in [0.25, 0.3) is 0 Å². The molecule has 1 atom stereocenters. The van der Waals surface area contributed by atoms with Crippen molar-refractivity contribution in [2.24, 2.45) is 5.73 Å². The SMILES string of the molecule is C[C@@H](N)C(=O)N(C)Cc1ccccc1C(F)(F)F.Cl. The predicted molar refractivity (Wildman–Crippen MR) is 68.8 cm³/mol. The van der Waals surface area contributed by atoms with E-state index in [1.54, 1.807) is 0 Å². The number of carbonyl (C=O) groups excluding carboxylic acids is 1. The van der Waals surface area contributed by atoms with Crippen molar-refractivity contribution in [2.45, 2.75) is 25.7 Å². The van der Waals surface area contributed by atoms with Crippen LogP contribution in [0.4, 0.5) is 13.2 Å². The smallest absolute Gasteiger partial charge is 0.340 e. The van der Waals surface area contributed by atoms with Gasteiger partial charge in [0.1, 0.15) is 0 Å². The summed E-state index contributed by atoms with van der Waals surface area (Å²) in [5.41, 5.74) is 4.73. The first kappa shape index (κ1) is 17.7. The zero-order valence-electron chi connectivity index (χ0n) is 10.6. The standard InChI is InChI=1S/C12H15F3N2O.ClH/c1-8(16)11(18)17(2)7-9-5-3-4-6-10(9)12(13,14)15;/h3-6,8H,7,16H2,1-2H3;1H/t8-;/m1./s1. The number of likely N-dealkylation sites (N-methyl/N-ethyl adjacent to an activating group) is 1. The molecule has 0 aliphatic heterocycles. The Morgan fingerprint density at radius 3 is 2.37 bits per heavy atom. The second-order valence-corrected chi connectivity index (χ2v) is 4.14. The quantitative estimate of drug-likeness (QED) is 0.931. The Morgan fingerprint density at radius 1 is 1.37 bits per heavy atom. The van der Waals surface area contributed by atoms with Crippen molar-refractivity contribution in [1.29, 1.82) is 0 Å². The maximum Gasteiger partial charge on any atom is 0.416 e. The van der Waals surface area contributed by atoms with E-state index in [1.807, 2.05) is 0 Å². The van der Waals surface area contributed by atoms with Gasteiger partial charge in [0.15, 0.2) is 0 Å². The normalized spacial score (nSPS) is 12.5. The van der Waals surface area contributed by atoms with Gasteiger partial charge in [0.2, 0.25) is 5.91 Å². The highest BCUT2D eigenvalue weighted by molar-refractivity contribution is 5.85. The molecule has 108 valence electrons. The Hall–Kier alpha value is -1.27. The summed E-state index contributed by atoms with van der Waals surface area (Å²) in [6, 6.07) is 4.45. The number of nitrogens with zero attached hydrogens (tertiary/aromatic N) is 1. The third kappa shape index (κ3) is 4.72. The lowest BCUT2D eigenvalue weighted by Gasteiger charge is -2.21. The Labute approximate surface area is 116 Å². The summed E-state index contributed by atoms with van der Waals surface area (Å²) < 4.78 is 38.2. The van der Waals surface area contributed by atoms with Gasteiger partial charge in [0, 0.05) is 13.6 Å². The molecule has 0 saturated carbocycles. The minimum absolute atomic E-state index is 0. The Balaban J connectivity index is 0.00000324. The van der Waals surface area contributed by atoms with Crippen molar-refractivity contribution in [3.63, 3.8) is 0 Å². The van der Waals surface area contributed by atoms with Crippen LogP contribution in [0.15, 0.2) is 24.3 Å². The number of alkyl halides is 3. The summed E-state index contributed by atoms with van der Waals surface area (Å²) in [5, 5.41) is 0. The fraction of sp³-hybridized carbons (Fsp3) is 0.417. The Bertz CT molecular complexity index is 435. The molecule has 0 aliphatic carbocycles. The molecule has 1 rings (SSSR count). The molecule has 0 heterocycles. The first-order chi connectivity index (χ1) is 8.23. The van der Waals surface area contributed by atoms with Crippen molar-refractivity contribution >= 4 is 18.3 Å². The summed E-state index contributed by atoms with van der Waals surface area (Å²) in [6.07, 6.45) is -4.42. The number of carbonyl (C=O) groups is 1. The van der Waals surface area contributed by atoms with E-state index in [9.17, 15) is 18.0 Å². The van der Waals surface area contributed by atoms with Crippen molar-refractivity contribution in [3.8, 4) is 0 Å². The third-order valence-corrected chi connectivity index (χ3v) is 2.50. The van der Waals surface area contributed by atoms with E-state index in [0.29, 0.717) is 0 Å². The van der Waals surface area contributed by atoms with Crippen LogP contribution in [0.1, 0.15) is 18.1 Å². The van der Waals surface area contributed by atoms with Crippen molar-refractivity contribution in [2.75, 3.05) is 7.05 Å². The number of halogens is 4. The molecule has 19 heavy (non-hydrogen) atoms. The van der Waals surface area contributed by atoms with E-state index in [0.717, 1.165) is 6.07 Å². The molecule has 3 nitrogen and oxygen atoms in total. The lowest BCUT2D eigenvalue weighted by atomic mass is 10.1. The van der Waals surface area contributed by atoms with Gasteiger partial charge in [-0.1, -0.05) is 18.2 Å². The molecule has 0 aliphatic rings. The first-order valence-electron chi connectivity index (χ1n) is 5.39. The molecule has 0 spiro atoms. The molecule has 0 fully saturated rings. The minimum Gasteiger partial charge on any atom is -0.340 e.